The Hall–Kier alpha value is -0.710. The molecule has 1 saturated heterocycles. The van der Waals surface area contributed by atoms with Crippen molar-refractivity contribution < 1.29 is 49.0 Å². The first kappa shape index (κ1) is 19.3. The Balaban J connectivity index is 2.63. The highest BCUT2D eigenvalue weighted by molar-refractivity contribution is 5.00. The van der Waals surface area contributed by atoms with Crippen molar-refractivity contribution in [3.05, 3.63) is 0 Å². The molecule has 0 aromatic carbocycles. The lowest BCUT2D eigenvalue weighted by atomic mass is 9.90. The first-order valence-corrected chi connectivity index (χ1v) is 6.02. The average molecular weight is 348 g/mol. The standard InChI is InChI=1S/C11H13F9O2/c1-7(5-22-6-7)4-21-3-2-8(12,13)9(14,15)10(16,17)11(18,19)20/h2-6H2,1H3. The second-order valence-electron chi connectivity index (χ2n) is 5.46. The molecule has 0 radical (unpaired) electrons. The van der Waals surface area contributed by atoms with Crippen LogP contribution in [0.25, 0.3) is 0 Å². The monoisotopic (exact) mass is 348 g/mol. The Morgan fingerprint density at radius 2 is 1.41 bits per heavy atom. The molecule has 0 N–H and O–H groups in total. The average Bonchev–Trinajstić information content (AvgIpc) is 2.30. The lowest BCUT2D eigenvalue weighted by Gasteiger charge is -2.38. The largest absolute Gasteiger partial charge is 0.460 e. The van der Waals surface area contributed by atoms with Gasteiger partial charge in [0.1, 0.15) is 0 Å². The molecular weight excluding hydrogens is 335 g/mol. The van der Waals surface area contributed by atoms with Crippen molar-refractivity contribution in [2.45, 2.75) is 37.3 Å². The summed E-state index contributed by atoms with van der Waals surface area (Å²) in [6.45, 7) is 0.870. The molecule has 0 aromatic heterocycles. The minimum absolute atomic E-state index is 0.162. The van der Waals surface area contributed by atoms with Gasteiger partial charge in [-0.2, -0.15) is 39.5 Å². The molecule has 0 unspecified atom stereocenters. The first-order chi connectivity index (χ1) is 9.66. The lowest BCUT2D eigenvalue weighted by molar-refractivity contribution is -0.397. The molecule has 1 fully saturated rings. The highest BCUT2D eigenvalue weighted by Gasteiger charge is 2.81. The van der Waals surface area contributed by atoms with Gasteiger partial charge in [0.25, 0.3) is 0 Å². The van der Waals surface area contributed by atoms with E-state index in [0.29, 0.717) is 0 Å². The number of halogens is 9. The Labute approximate surface area is 119 Å². The van der Waals surface area contributed by atoms with Crippen LogP contribution < -0.4 is 0 Å². The van der Waals surface area contributed by atoms with Gasteiger partial charge in [0.05, 0.1) is 26.4 Å². The summed E-state index contributed by atoms with van der Waals surface area (Å²) in [7, 11) is 0. The van der Waals surface area contributed by atoms with E-state index >= 15 is 0 Å². The van der Waals surface area contributed by atoms with E-state index < -0.39 is 42.4 Å². The summed E-state index contributed by atoms with van der Waals surface area (Å²) in [6.07, 6.45) is -8.76. The van der Waals surface area contributed by atoms with E-state index in [1.807, 2.05) is 0 Å². The van der Waals surface area contributed by atoms with E-state index in [0.717, 1.165) is 0 Å². The summed E-state index contributed by atoms with van der Waals surface area (Å²) in [5.41, 5.74) is -0.506. The molecule has 1 rings (SSSR count). The second-order valence-corrected chi connectivity index (χ2v) is 5.46. The van der Waals surface area contributed by atoms with E-state index in [2.05, 4.69) is 4.74 Å². The van der Waals surface area contributed by atoms with E-state index in [4.69, 9.17) is 4.74 Å². The van der Waals surface area contributed by atoms with Gasteiger partial charge in [0.15, 0.2) is 0 Å². The summed E-state index contributed by atoms with van der Waals surface area (Å²) in [5.74, 6) is -19.0. The van der Waals surface area contributed by atoms with E-state index in [1.54, 1.807) is 6.92 Å². The maximum absolute atomic E-state index is 13.1. The fraction of sp³-hybridized carbons (Fsp3) is 1.00. The number of rotatable bonds is 7. The van der Waals surface area contributed by atoms with E-state index in [9.17, 15) is 39.5 Å². The van der Waals surface area contributed by atoms with Gasteiger partial charge in [-0.3, -0.25) is 0 Å². The van der Waals surface area contributed by atoms with Crippen LogP contribution >= 0.6 is 0 Å². The molecule has 11 heteroatoms. The van der Waals surface area contributed by atoms with Crippen LogP contribution in [0.4, 0.5) is 39.5 Å². The molecule has 0 aliphatic carbocycles. The topological polar surface area (TPSA) is 18.5 Å². The zero-order chi connectivity index (χ0) is 17.4. The summed E-state index contributed by atoms with van der Waals surface area (Å²) in [5, 5.41) is 0. The van der Waals surface area contributed by atoms with Gasteiger partial charge >= 0.3 is 23.9 Å². The predicted molar refractivity (Wildman–Crippen MR) is 55.3 cm³/mol. The quantitative estimate of drug-likeness (QED) is 0.513. The fourth-order valence-corrected chi connectivity index (χ4v) is 1.62. The summed E-state index contributed by atoms with van der Waals surface area (Å²) in [4.78, 5) is 0. The van der Waals surface area contributed by atoms with E-state index in [-0.39, 0.29) is 19.8 Å². The third kappa shape index (κ3) is 3.44. The van der Waals surface area contributed by atoms with Crippen molar-refractivity contribution in [3.8, 4) is 0 Å². The van der Waals surface area contributed by atoms with Crippen molar-refractivity contribution >= 4 is 0 Å². The van der Waals surface area contributed by atoms with E-state index in [1.165, 1.54) is 0 Å². The Morgan fingerprint density at radius 1 is 0.909 bits per heavy atom. The molecule has 132 valence electrons. The molecule has 0 amide bonds. The van der Waals surface area contributed by atoms with Crippen LogP contribution in [0.5, 0.6) is 0 Å². The smallest absolute Gasteiger partial charge is 0.380 e. The maximum Gasteiger partial charge on any atom is 0.460 e. The van der Waals surface area contributed by atoms with Crippen molar-refractivity contribution in [1.29, 1.82) is 0 Å². The Bertz CT molecular complexity index is 388. The summed E-state index contributed by atoms with van der Waals surface area (Å²) < 4.78 is 122. The SMILES string of the molecule is CC1(COCCC(F)(F)C(F)(F)C(F)(F)C(F)(F)F)COC1. The number of alkyl halides is 9. The van der Waals surface area contributed by atoms with Crippen LogP contribution in [0.15, 0.2) is 0 Å². The van der Waals surface area contributed by atoms with Crippen molar-refractivity contribution in [2.24, 2.45) is 5.41 Å². The lowest BCUT2D eigenvalue weighted by Crippen LogP contribution is -2.61. The number of hydrogen-bond acceptors (Lipinski definition) is 2. The highest BCUT2D eigenvalue weighted by Crippen LogP contribution is 2.53. The van der Waals surface area contributed by atoms with Crippen LogP contribution in [0.1, 0.15) is 13.3 Å². The number of ether oxygens (including phenoxy) is 2. The van der Waals surface area contributed by atoms with Crippen LogP contribution in [0, 0.1) is 5.41 Å². The molecule has 0 atom stereocenters. The van der Waals surface area contributed by atoms with Crippen LogP contribution in [-0.2, 0) is 9.47 Å². The minimum Gasteiger partial charge on any atom is -0.380 e. The molecule has 22 heavy (non-hydrogen) atoms. The van der Waals surface area contributed by atoms with Gasteiger partial charge in [0, 0.05) is 11.8 Å². The summed E-state index contributed by atoms with van der Waals surface area (Å²) in [6, 6.07) is 0. The molecule has 1 aliphatic heterocycles. The molecular formula is C11H13F9O2. The molecule has 2 nitrogen and oxygen atoms in total. The Morgan fingerprint density at radius 3 is 1.77 bits per heavy atom. The van der Waals surface area contributed by atoms with Gasteiger partial charge in [0.2, 0.25) is 0 Å². The highest BCUT2D eigenvalue weighted by atomic mass is 19.4. The first-order valence-electron chi connectivity index (χ1n) is 6.02. The Kier molecular flexibility index (Phi) is 5.04. The molecule has 0 aromatic rings. The third-order valence-electron chi connectivity index (χ3n) is 3.12. The predicted octanol–water partition coefficient (Wildman–Crippen LogP) is 3.90. The summed E-state index contributed by atoms with van der Waals surface area (Å²) >= 11 is 0. The van der Waals surface area contributed by atoms with Crippen LogP contribution in [-0.4, -0.2) is 50.4 Å². The van der Waals surface area contributed by atoms with Crippen molar-refractivity contribution in [2.75, 3.05) is 26.4 Å². The van der Waals surface area contributed by atoms with Gasteiger partial charge in [-0.25, -0.2) is 0 Å². The number of hydrogen-bond donors (Lipinski definition) is 0. The molecule has 0 saturated carbocycles. The van der Waals surface area contributed by atoms with Gasteiger partial charge in [-0.15, -0.1) is 0 Å². The maximum atomic E-state index is 13.1. The van der Waals surface area contributed by atoms with Crippen LogP contribution in [0.2, 0.25) is 0 Å². The minimum atomic E-state index is -6.85. The zero-order valence-electron chi connectivity index (χ0n) is 11.3. The normalized spacial score (nSPS) is 19.9. The molecule has 1 aliphatic rings. The van der Waals surface area contributed by atoms with Gasteiger partial charge < -0.3 is 9.47 Å². The molecule has 1 heterocycles. The third-order valence-corrected chi connectivity index (χ3v) is 3.12. The van der Waals surface area contributed by atoms with Crippen LogP contribution in [0.3, 0.4) is 0 Å². The molecule has 0 spiro atoms. The van der Waals surface area contributed by atoms with Crippen molar-refractivity contribution in [3.63, 3.8) is 0 Å². The van der Waals surface area contributed by atoms with Crippen molar-refractivity contribution in [1.82, 2.24) is 0 Å². The van der Waals surface area contributed by atoms with Gasteiger partial charge in [-0.05, 0) is 0 Å². The molecule has 0 bridgehead atoms. The van der Waals surface area contributed by atoms with Gasteiger partial charge in [-0.1, -0.05) is 6.92 Å². The zero-order valence-corrected chi connectivity index (χ0v) is 11.3. The fourth-order valence-electron chi connectivity index (χ4n) is 1.62. The second kappa shape index (κ2) is 5.73.